The minimum Gasteiger partial charge on any atom is -0.338 e. The van der Waals surface area contributed by atoms with Gasteiger partial charge in [-0.1, -0.05) is 22.5 Å². The SMILES string of the molecule is C=C(Br)C=C(C)C[N+](C)(C)C(=N)N. The molecule has 0 spiro atoms. The third-order valence-electron chi connectivity index (χ3n) is 1.70. The summed E-state index contributed by atoms with van der Waals surface area (Å²) >= 11 is 3.26. The van der Waals surface area contributed by atoms with Gasteiger partial charge in [-0.15, -0.1) is 0 Å². The van der Waals surface area contributed by atoms with Crippen LogP contribution in [0.5, 0.6) is 0 Å². The van der Waals surface area contributed by atoms with Gasteiger partial charge in [-0.05, 0) is 18.6 Å². The van der Waals surface area contributed by atoms with E-state index >= 15 is 0 Å². The fourth-order valence-corrected chi connectivity index (χ4v) is 1.41. The molecule has 0 aliphatic rings. The first-order chi connectivity index (χ1) is 5.75. The number of nitrogens with two attached hydrogens (primary N) is 1. The Morgan fingerprint density at radius 1 is 1.62 bits per heavy atom. The molecule has 0 saturated carbocycles. The highest BCUT2D eigenvalue weighted by atomic mass is 79.9. The lowest BCUT2D eigenvalue weighted by atomic mass is 10.2. The van der Waals surface area contributed by atoms with E-state index < -0.39 is 0 Å². The molecule has 0 saturated heterocycles. The van der Waals surface area contributed by atoms with Gasteiger partial charge in [-0.25, -0.2) is 5.41 Å². The van der Waals surface area contributed by atoms with E-state index in [-0.39, 0.29) is 5.96 Å². The maximum atomic E-state index is 7.36. The van der Waals surface area contributed by atoms with Gasteiger partial charge < -0.3 is 5.73 Å². The first-order valence-corrected chi connectivity index (χ1v) is 4.74. The Hall–Kier alpha value is -0.610. The van der Waals surface area contributed by atoms with Crippen molar-refractivity contribution in [3.05, 3.63) is 22.7 Å². The van der Waals surface area contributed by atoms with Crippen molar-refractivity contribution < 1.29 is 4.48 Å². The van der Waals surface area contributed by atoms with Gasteiger partial charge in [0.1, 0.15) is 6.54 Å². The molecule has 0 aromatic rings. The van der Waals surface area contributed by atoms with Crippen molar-refractivity contribution in [3.8, 4) is 0 Å². The number of quaternary nitrogens is 1. The Kier molecular flexibility index (Phi) is 4.36. The van der Waals surface area contributed by atoms with E-state index in [1.54, 1.807) is 0 Å². The maximum absolute atomic E-state index is 7.36. The number of likely N-dealkylation sites (N-methyl/N-ethyl adjacent to an activating group) is 1. The van der Waals surface area contributed by atoms with Crippen molar-refractivity contribution in [2.75, 3.05) is 20.6 Å². The van der Waals surface area contributed by atoms with E-state index in [9.17, 15) is 0 Å². The molecule has 3 N–H and O–H groups in total. The van der Waals surface area contributed by atoms with E-state index in [0.29, 0.717) is 4.48 Å². The molecule has 0 heterocycles. The summed E-state index contributed by atoms with van der Waals surface area (Å²) in [5.74, 6) is 0.160. The van der Waals surface area contributed by atoms with Gasteiger partial charge >= 0.3 is 0 Å². The van der Waals surface area contributed by atoms with Crippen LogP contribution in [-0.2, 0) is 0 Å². The van der Waals surface area contributed by atoms with Crippen molar-refractivity contribution in [1.82, 2.24) is 0 Å². The normalized spacial score (nSPS) is 12.8. The zero-order valence-corrected chi connectivity index (χ0v) is 9.98. The number of hydrogen-bond donors (Lipinski definition) is 2. The monoisotopic (exact) mass is 246 g/mol. The second kappa shape index (κ2) is 4.58. The van der Waals surface area contributed by atoms with Crippen LogP contribution in [0.1, 0.15) is 6.92 Å². The van der Waals surface area contributed by atoms with Crippen molar-refractivity contribution in [2.24, 2.45) is 5.73 Å². The van der Waals surface area contributed by atoms with Crippen LogP contribution in [0.4, 0.5) is 0 Å². The van der Waals surface area contributed by atoms with Gasteiger partial charge in [0.2, 0.25) is 0 Å². The Balaban J connectivity index is 4.45. The second-order valence-electron chi connectivity index (χ2n) is 3.67. The van der Waals surface area contributed by atoms with Crippen LogP contribution in [0, 0.1) is 5.41 Å². The number of nitrogens with zero attached hydrogens (tertiary/aromatic N) is 1. The Morgan fingerprint density at radius 3 is 2.38 bits per heavy atom. The summed E-state index contributed by atoms with van der Waals surface area (Å²) in [4.78, 5) is 0. The van der Waals surface area contributed by atoms with Crippen LogP contribution >= 0.6 is 15.9 Å². The Labute approximate surface area is 88.1 Å². The molecular weight excluding hydrogens is 230 g/mol. The van der Waals surface area contributed by atoms with Gasteiger partial charge in [-0.2, -0.15) is 0 Å². The van der Waals surface area contributed by atoms with Gasteiger partial charge in [0, 0.05) is 4.48 Å². The fraction of sp³-hybridized carbons (Fsp3) is 0.444. The molecule has 0 rings (SSSR count). The van der Waals surface area contributed by atoms with Crippen LogP contribution in [0.25, 0.3) is 0 Å². The number of nitrogens with one attached hydrogen (secondary N) is 1. The summed E-state index contributed by atoms with van der Waals surface area (Å²) < 4.78 is 1.22. The average molecular weight is 247 g/mol. The summed E-state index contributed by atoms with van der Waals surface area (Å²) in [6, 6.07) is 0. The van der Waals surface area contributed by atoms with Crippen molar-refractivity contribution in [1.29, 1.82) is 5.41 Å². The zero-order valence-electron chi connectivity index (χ0n) is 8.39. The van der Waals surface area contributed by atoms with Crippen LogP contribution in [0.3, 0.4) is 0 Å². The number of rotatable bonds is 3. The molecule has 0 atom stereocenters. The van der Waals surface area contributed by atoms with E-state index in [2.05, 4.69) is 22.5 Å². The summed E-state index contributed by atoms with van der Waals surface area (Å²) in [5.41, 5.74) is 6.58. The van der Waals surface area contributed by atoms with Crippen LogP contribution in [0.2, 0.25) is 0 Å². The molecule has 0 bridgehead atoms. The zero-order chi connectivity index (χ0) is 10.6. The number of halogens is 1. The largest absolute Gasteiger partial charge is 0.338 e. The molecule has 0 unspecified atom stereocenters. The molecule has 13 heavy (non-hydrogen) atoms. The Bertz CT molecular complexity index is 254. The van der Waals surface area contributed by atoms with Gasteiger partial charge in [0.15, 0.2) is 0 Å². The summed E-state index contributed by atoms with van der Waals surface area (Å²) in [6.07, 6.45) is 1.93. The second-order valence-corrected chi connectivity index (χ2v) is 4.68. The molecule has 0 amide bonds. The molecule has 4 heteroatoms. The minimum atomic E-state index is 0.160. The van der Waals surface area contributed by atoms with Crippen molar-refractivity contribution in [2.45, 2.75) is 6.92 Å². The third-order valence-corrected chi connectivity index (χ3v) is 1.93. The summed E-state index contributed by atoms with van der Waals surface area (Å²) in [7, 11) is 3.80. The highest BCUT2D eigenvalue weighted by molar-refractivity contribution is 9.11. The standard InChI is InChI=1S/C9H17BrN3/c1-7(5-8(2)10)6-13(3,4)9(11)12/h5H,2,6H2,1,3-4H3,(H3,11,12)/q+1. The summed E-state index contributed by atoms with van der Waals surface area (Å²) in [6.45, 7) is 6.44. The lowest BCUT2D eigenvalue weighted by molar-refractivity contribution is -0.796. The quantitative estimate of drug-likeness (QED) is 0.340. The molecular formula is C9H17BrN3+. The molecule has 3 nitrogen and oxygen atoms in total. The van der Waals surface area contributed by atoms with E-state index in [4.69, 9.17) is 11.1 Å². The number of guanidine groups is 1. The third kappa shape index (κ3) is 4.85. The predicted octanol–water partition coefficient (Wildman–Crippen LogP) is 1.81. The van der Waals surface area contributed by atoms with E-state index in [1.807, 2.05) is 27.1 Å². The topological polar surface area (TPSA) is 49.9 Å². The molecule has 0 radical (unpaired) electrons. The summed E-state index contributed by atoms with van der Waals surface area (Å²) in [5, 5.41) is 7.36. The van der Waals surface area contributed by atoms with E-state index in [1.165, 1.54) is 0 Å². The highest BCUT2D eigenvalue weighted by Crippen LogP contribution is 2.09. The number of allylic oxidation sites excluding steroid dienone is 2. The van der Waals surface area contributed by atoms with E-state index in [0.717, 1.165) is 16.6 Å². The molecule has 0 fully saturated rings. The van der Waals surface area contributed by atoms with Crippen molar-refractivity contribution in [3.63, 3.8) is 0 Å². The lowest BCUT2D eigenvalue weighted by Gasteiger charge is -2.26. The molecule has 0 aliphatic heterocycles. The smallest absolute Gasteiger partial charge is 0.291 e. The minimum absolute atomic E-state index is 0.160. The maximum Gasteiger partial charge on any atom is 0.291 e. The molecule has 0 aromatic heterocycles. The average Bonchev–Trinajstić information content (AvgIpc) is 1.82. The predicted molar refractivity (Wildman–Crippen MR) is 60.7 cm³/mol. The number of hydrogen-bond acceptors (Lipinski definition) is 1. The van der Waals surface area contributed by atoms with Gasteiger partial charge in [-0.3, -0.25) is 4.48 Å². The van der Waals surface area contributed by atoms with Crippen LogP contribution in [0.15, 0.2) is 22.7 Å². The first kappa shape index (κ1) is 12.4. The Morgan fingerprint density at radius 2 is 2.08 bits per heavy atom. The van der Waals surface area contributed by atoms with Crippen molar-refractivity contribution >= 4 is 21.9 Å². The van der Waals surface area contributed by atoms with Crippen LogP contribution in [-0.4, -0.2) is 31.1 Å². The lowest BCUT2D eigenvalue weighted by Crippen LogP contribution is -2.50. The highest BCUT2D eigenvalue weighted by Gasteiger charge is 2.19. The molecule has 0 aromatic carbocycles. The first-order valence-electron chi connectivity index (χ1n) is 3.95. The van der Waals surface area contributed by atoms with Gasteiger partial charge in [0.25, 0.3) is 5.96 Å². The molecule has 0 aliphatic carbocycles. The fourth-order valence-electron chi connectivity index (χ4n) is 1.02. The molecule has 74 valence electrons. The van der Waals surface area contributed by atoms with Crippen LogP contribution < -0.4 is 5.73 Å². The van der Waals surface area contributed by atoms with Gasteiger partial charge in [0.05, 0.1) is 14.1 Å².